The van der Waals surface area contributed by atoms with Gasteiger partial charge in [0.25, 0.3) is 0 Å². The molecule has 27 heavy (non-hydrogen) atoms. The van der Waals surface area contributed by atoms with Crippen LogP contribution in [0.3, 0.4) is 0 Å². The monoisotopic (exact) mass is 387 g/mol. The van der Waals surface area contributed by atoms with E-state index in [9.17, 15) is 0 Å². The Hall–Kier alpha value is -2.44. The molecule has 2 aliphatic rings. The largest absolute Gasteiger partial charge is 0.336 e. The topological polar surface area (TPSA) is 41.4 Å². The summed E-state index contributed by atoms with van der Waals surface area (Å²) in [6, 6.07) is 15.3. The van der Waals surface area contributed by atoms with Crippen LogP contribution in [0, 0.1) is 0 Å². The summed E-state index contributed by atoms with van der Waals surface area (Å²) < 4.78 is 24.3. The number of benzene rings is 2. The maximum absolute atomic E-state index is 6.08. The Labute approximate surface area is 162 Å². The van der Waals surface area contributed by atoms with Crippen molar-refractivity contribution in [2.75, 3.05) is 19.6 Å². The van der Waals surface area contributed by atoms with Gasteiger partial charge >= 0.3 is 116 Å². The molecule has 0 fully saturated rings. The van der Waals surface area contributed by atoms with E-state index < -0.39 is 8.33 Å². The van der Waals surface area contributed by atoms with Crippen molar-refractivity contribution in [1.82, 2.24) is 0 Å². The summed E-state index contributed by atoms with van der Waals surface area (Å²) in [5.41, 5.74) is 0. The number of quaternary nitrogens is 1. The van der Waals surface area contributed by atoms with Crippen LogP contribution in [0.1, 0.15) is 20.8 Å². The molecule has 2 aromatic rings. The zero-order chi connectivity index (χ0) is 19.4. The first kappa shape index (κ1) is 19.3. The van der Waals surface area contributed by atoms with Crippen LogP contribution in [-0.4, -0.2) is 28.0 Å². The summed E-state index contributed by atoms with van der Waals surface area (Å²) in [4.78, 5) is 1.68. The normalized spacial score (nSPS) is 18.3. The number of allylic oxidation sites excluding steroid dienone is 1. The Bertz CT molecular complexity index is 688. The molecule has 0 aromatic heterocycles. The van der Waals surface area contributed by atoms with Crippen LogP contribution in [0.4, 0.5) is 0 Å². The molecule has 0 saturated carbocycles. The molecule has 1 spiro atoms. The Kier molecular flexibility index (Phi) is 5.48. The molecule has 0 atom stereocenters. The fraction of sp³-hybridized carbons (Fsp3) is 0.333. The van der Waals surface area contributed by atoms with Gasteiger partial charge in [-0.15, -0.1) is 0 Å². The summed E-state index contributed by atoms with van der Waals surface area (Å²) in [6.07, 6.45) is 1.71. The molecule has 0 unspecified atom stereocenters. The first-order chi connectivity index (χ1) is 13.1. The van der Waals surface area contributed by atoms with E-state index in [0.29, 0.717) is 29.0 Å². The summed E-state index contributed by atoms with van der Waals surface area (Å²) in [5, 5.41) is 0. The van der Waals surface area contributed by atoms with Crippen LogP contribution in [0.5, 0.6) is 23.0 Å². The number of hydrogen-bond acceptors (Lipinski definition) is 4. The molecule has 2 aromatic carbocycles. The average Bonchev–Trinajstić information content (AvgIpc) is 3.17. The van der Waals surface area contributed by atoms with Crippen molar-refractivity contribution in [3.8, 4) is 23.0 Å². The van der Waals surface area contributed by atoms with E-state index in [2.05, 4.69) is 27.4 Å². The number of para-hydroxylation sites is 4. The summed E-state index contributed by atoms with van der Waals surface area (Å²) in [6.45, 7) is 14.3. The quantitative estimate of drug-likeness (QED) is 0.630. The van der Waals surface area contributed by atoms with Gasteiger partial charge in [-0.25, -0.2) is 0 Å². The number of nitrogens with one attached hydrogen (secondary N) is 1. The zero-order valence-corrected chi connectivity index (χ0v) is 17.4. The van der Waals surface area contributed by atoms with E-state index in [1.807, 2.05) is 48.5 Å². The fourth-order valence-corrected chi connectivity index (χ4v) is 6.79. The van der Waals surface area contributed by atoms with Gasteiger partial charge in [-0.05, 0) is 20.8 Å². The first-order valence-electron chi connectivity index (χ1n) is 9.64. The molecule has 146 valence electrons. The number of fused-ring (bicyclic) bond motifs is 2. The maximum atomic E-state index is 6.08. The molecule has 4 rings (SSSR count). The summed E-state index contributed by atoms with van der Waals surface area (Å²) >= 11 is 0. The zero-order valence-electron chi connectivity index (χ0n) is 16.4. The molecule has 0 radical (unpaired) electrons. The second kappa shape index (κ2) is 7.66. The van der Waals surface area contributed by atoms with Crippen LogP contribution >= 0.6 is 0 Å². The van der Waals surface area contributed by atoms with E-state index in [0.717, 1.165) is 0 Å². The van der Waals surface area contributed by atoms with Crippen molar-refractivity contribution in [2.45, 2.75) is 26.8 Å². The Morgan fingerprint density at radius 1 is 0.741 bits per heavy atom. The molecule has 0 aliphatic carbocycles. The minimum atomic E-state index is -4.02. The van der Waals surface area contributed by atoms with Gasteiger partial charge in [0.15, 0.2) is 0 Å². The van der Waals surface area contributed by atoms with Crippen molar-refractivity contribution in [1.29, 1.82) is 0 Å². The van der Waals surface area contributed by atoms with E-state index in [4.69, 9.17) is 17.7 Å². The van der Waals surface area contributed by atoms with Crippen molar-refractivity contribution >= 4 is 8.33 Å². The first-order valence-corrected chi connectivity index (χ1v) is 12.0. The summed E-state index contributed by atoms with van der Waals surface area (Å²) in [7, 11) is -4.02. The van der Waals surface area contributed by atoms with Crippen molar-refractivity contribution in [3.63, 3.8) is 0 Å². The third-order valence-corrected chi connectivity index (χ3v) is 8.32. The van der Waals surface area contributed by atoms with E-state index in [-0.39, 0.29) is 0 Å². The van der Waals surface area contributed by atoms with Gasteiger partial charge in [0.1, 0.15) is 0 Å². The predicted octanol–water partition coefficient (Wildman–Crippen LogP) is 3.44. The average molecular weight is 388 g/mol. The van der Waals surface area contributed by atoms with Crippen LogP contribution < -0.4 is 22.6 Å². The second-order valence-electron chi connectivity index (χ2n) is 6.68. The van der Waals surface area contributed by atoms with Gasteiger partial charge in [-0.1, -0.05) is 0 Å². The number of hydrogen-bond donors (Lipinski definition) is 1. The molecule has 6 heteroatoms. The molecule has 5 nitrogen and oxygen atoms in total. The van der Waals surface area contributed by atoms with Gasteiger partial charge in [-0.2, -0.15) is 0 Å². The third kappa shape index (κ3) is 3.68. The standard InChI is InChI=1S/C15H13O4Si.C6H15N/c1-2-11-20(16-12-7-3-4-8-13(12)17-20)18-14-9-5-6-10-15(14)19-20;1-4-7(5-2)6-3/h2-10H,1,11H2;4-6H2,1-3H3/q-1;/p+1. The molecule has 0 bridgehead atoms. The molecule has 2 heterocycles. The van der Waals surface area contributed by atoms with Gasteiger partial charge in [0.2, 0.25) is 0 Å². The van der Waals surface area contributed by atoms with Crippen LogP contribution in [0.2, 0.25) is 6.04 Å². The Morgan fingerprint density at radius 2 is 1.07 bits per heavy atom. The van der Waals surface area contributed by atoms with Gasteiger partial charge in [-0.3, -0.25) is 0 Å². The van der Waals surface area contributed by atoms with Crippen molar-refractivity contribution < 1.29 is 22.6 Å². The van der Waals surface area contributed by atoms with Gasteiger partial charge in [0.05, 0.1) is 19.6 Å². The fourth-order valence-electron chi connectivity index (χ4n) is 3.36. The molecule has 1 N–H and O–H groups in total. The molecular weight excluding hydrogens is 358 g/mol. The Balaban J connectivity index is 0.000000260. The Morgan fingerprint density at radius 3 is 1.30 bits per heavy atom. The predicted molar refractivity (Wildman–Crippen MR) is 109 cm³/mol. The van der Waals surface area contributed by atoms with Crippen molar-refractivity contribution in [2.24, 2.45) is 0 Å². The van der Waals surface area contributed by atoms with Crippen molar-refractivity contribution in [3.05, 3.63) is 61.2 Å². The minimum Gasteiger partial charge on any atom is -0.336 e. The van der Waals surface area contributed by atoms with Crippen LogP contribution in [0.25, 0.3) is 0 Å². The van der Waals surface area contributed by atoms with Crippen LogP contribution in [-0.2, 0) is 0 Å². The molecule has 0 saturated heterocycles. The smallest absolute Gasteiger partial charge is 0.0742 e. The van der Waals surface area contributed by atoms with E-state index >= 15 is 0 Å². The molecule has 0 amide bonds. The molecule has 2 aliphatic heterocycles. The number of rotatable bonds is 5. The summed E-state index contributed by atoms with van der Waals surface area (Å²) in [5.74, 6) is 2.59. The van der Waals surface area contributed by atoms with E-state index in [1.54, 1.807) is 11.0 Å². The third-order valence-electron chi connectivity index (χ3n) is 4.90. The van der Waals surface area contributed by atoms with Gasteiger partial charge < -0.3 is 4.90 Å². The second-order valence-corrected chi connectivity index (χ2v) is 10.1. The van der Waals surface area contributed by atoms with Gasteiger partial charge in [0, 0.05) is 0 Å². The molecular formula is C21H29NO4Si. The maximum Gasteiger partial charge on any atom is 0.0742 e. The van der Waals surface area contributed by atoms with E-state index in [1.165, 1.54) is 19.6 Å². The van der Waals surface area contributed by atoms with Crippen LogP contribution in [0.15, 0.2) is 61.2 Å². The minimum absolute atomic E-state index is 0.378. The SMILES string of the molecule is C=CC[Si-]12(Oc3ccccc3O1)Oc1ccccc1O2.CC[NH+](CC)CC.